The Kier molecular flexibility index (Phi) is 3.80. The minimum absolute atomic E-state index is 0.779. The van der Waals surface area contributed by atoms with Gasteiger partial charge in [-0.15, -0.1) is 45.3 Å². The highest BCUT2D eigenvalue weighted by molar-refractivity contribution is 7.28. The van der Waals surface area contributed by atoms with Crippen molar-refractivity contribution in [2.45, 2.75) is 0 Å². The number of aldehydes is 1. The molecule has 5 heteroatoms. The summed E-state index contributed by atoms with van der Waals surface area (Å²) in [7, 11) is 0. The Hall–Kier alpha value is -1.53. The average molecular weight is 359 g/mol. The fourth-order valence-corrected chi connectivity index (χ4v) is 6.02. The lowest BCUT2D eigenvalue weighted by Gasteiger charge is -1.91. The topological polar surface area (TPSA) is 17.1 Å². The highest BCUT2D eigenvalue weighted by Crippen LogP contribution is 2.42. The molecular weight excluding hydrogens is 348 g/mol. The van der Waals surface area contributed by atoms with Crippen molar-refractivity contribution in [1.82, 2.24) is 0 Å². The van der Waals surface area contributed by atoms with E-state index in [1.165, 1.54) is 24.4 Å². The first-order valence-corrected chi connectivity index (χ1v) is 9.96. The van der Waals surface area contributed by atoms with Gasteiger partial charge in [0.2, 0.25) is 0 Å². The number of carbonyl (C=O) groups excluding carboxylic acids is 1. The molecule has 4 aromatic rings. The van der Waals surface area contributed by atoms with Gasteiger partial charge in [0.05, 0.1) is 4.88 Å². The van der Waals surface area contributed by atoms with Gasteiger partial charge in [0.15, 0.2) is 6.29 Å². The van der Waals surface area contributed by atoms with E-state index in [1.54, 1.807) is 34.0 Å². The third-order valence-electron chi connectivity index (χ3n) is 3.20. The second-order valence-corrected chi connectivity index (χ2v) is 8.86. The normalized spacial score (nSPS) is 10.9. The van der Waals surface area contributed by atoms with Crippen LogP contribution >= 0.6 is 45.3 Å². The largest absolute Gasteiger partial charge is 0.297 e. The molecule has 0 atom stereocenters. The molecule has 4 heterocycles. The standard InChI is InChI=1S/C17H10OS4/c18-10-11-3-4-14(20-11)15-7-8-17(22-15)16-6-5-13(21-16)12-2-1-9-19-12/h1-10H. The van der Waals surface area contributed by atoms with E-state index in [9.17, 15) is 4.79 Å². The monoisotopic (exact) mass is 358 g/mol. The predicted molar refractivity (Wildman–Crippen MR) is 99.6 cm³/mol. The molecule has 0 unspecified atom stereocenters. The van der Waals surface area contributed by atoms with Crippen LogP contribution < -0.4 is 0 Å². The first kappa shape index (κ1) is 14.1. The molecule has 0 spiro atoms. The summed E-state index contributed by atoms with van der Waals surface area (Å²) in [4.78, 5) is 19.2. The van der Waals surface area contributed by atoms with Gasteiger partial charge >= 0.3 is 0 Å². The summed E-state index contributed by atoms with van der Waals surface area (Å²) in [6.07, 6.45) is 0.912. The van der Waals surface area contributed by atoms with Gasteiger partial charge in [-0.05, 0) is 47.8 Å². The predicted octanol–water partition coefficient (Wildman–Crippen LogP) is 6.75. The lowest BCUT2D eigenvalue weighted by atomic mass is 10.3. The van der Waals surface area contributed by atoms with E-state index in [0.717, 1.165) is 16.0 Å². The maximum absolute atomic E-state index is 10.8. The number of hydrogen-bond acceptors (Lipinski definition) is 5. The highest BCUT2D eigenvalue weighted by atomic mass is 32.1. The fourth-order valence-electron chi connectivity index (χ4n) is 2.17. The van der Waals surface area contributed by atoms with Crippen molar-refractivity contribution in [2.24, 2.45) is 0 Å². The van der Waals surface area contributed by atoms with E-state index in [-0.39, 0.29) is 0 Å². The summed E-state index contributed by atoms with van der Waals surface area (Å²) < 4.78 is 0. The summed E-state index contributed by atoms with van der Waals surface area (Å²) >= 11 is 6.93. The van der Waals surface area contributed by atoms with E-state index in [1.807, 2.05) is 23.5 Å². The van der Waals surface area contributed by atoms with Crippen LogP contribution in [-0.4, -0.2) is 6.29 Å². The highest BCUT2D eigenvalue weighted by Gasteiger charge is 2.10. The Balaban J connectivity index is 1.65. The molecule has 0 radical (unpaired) electrons. The zero-order chi connectivity index (χ0) is 14.9. The van der Waals surface area contributed by atoms with Gasteiger partial charge in [-0.3, -0.25) is 4.79 Å². The Labute approximate surface area is 144 Å². The van der Waals surface area contributed by atoms with Crippen molar-refractivity contribution in [1.29, 1.82) is 0 Å². The quantitative estimate of drug-likeness (QED) is 0.369. The van der Waals surface area contributed by atoms with Crippen LogP contribution in [0.25, 0.3) is 29.3 Å². The molecule has 0 aromatic carbocycles. The van der Waals surface area contributed by atoms with E-state index in [2.05, 4.69) is 41.8 Å². The van der Waals surface area contributed by atoms with Crippen LogP contribution in [0.15, 0.2) is 53.9 Å². The Bertz CT molecular complexity index is 908. The SMILES string of the molecule is O=Cc1ccc(-c2ccc(-c3ccc(-c4cccs4)s3)s2)s1. The van der Waals surface area contributed by atoms with Crippen molar-refractivity contribution in [3.05, 3.63) is 58.8 Å². The van der Waals surface area contributed by atoms with Gasteiger partial charge in [-0.1, -0.05) is 6.07 Å². The summed E-state index contributed by atoms with van der Waals surface area (Å²) in [6, 6.07) is 16.9. The Morgan fingerprint density at radius 2 is 1.18 bits per heavy atom. The van der Waals surface area contributed by atoms with Crippen LogP contribution in [-0.2, 0) is 0 Å². The molecule has 0 N–H and O–H groups in total. The van der Waals surface area contributed by atoms with Gasteiger partial charge in [-0.25, -0.2) is 0 Å². The molecular formula is C17H10OS4. The maximum atomic E-state index is 10.8. The second-order valence-electron chi connectivity index (χ2n) is 4.62. The van der Waals surface area contributed by atoms with Crippen LogP contribution in [0.2, 0.25) is 0 Å². The zero-order valence-electron chi connectivity index (χ0n) is 11.3. The number of rotatable bonds is 4. The third kappa shape index (κ3) is 2.61. The van der Waals surface area contributed by atoms with Crippen molar-refractivity contribution in [3.63, 3.8) is 0 Å². The summed E-state index contributed by atoms with van der Waals surface area (Å²) in [5.41, 5.74) is 0. The lowest BCUT2D eigenvalue weighted by Crippen LogP contribution is -1.62. The molecule has 0 aliphatic carbocycles. The van der Waals surface area contributed by atoms with Crippen molar-refractivity contribution in [2.75, 3.05) is 0 Å². The fraction of sp³-hybridized carbons (Fsp3) is 0. The van der Waals surface area contributed by atoms with E-state index in [0.29, 0.717) is 0 Å². The molecule has 108 valence electrons. The van der Waals surface area contributed by atoms with Gasteiger partial charge < -0.3 is 0 Å². The van der Waals surface area contributed by atoms with E-state index >= 15 is 0 Å². The Morgan fingerprint density at radius 1 is 0.636 bits per heavy atom. The lowest BCUT2D eigenvalue weighted by molar-refractivity contribution is 0.112. The second kappa shape index (κ2) is 5.93. The van der Waals surface area contributed by atoms with Gasteiger partial charge in [0.25, 0.3) is 0 Å². The molecule has 0 bridgehead atoms. The van der Waals surface area contributed by atoms with E-state index in [4.69, 9.17) is 0 Å². The molecule has 0 fully saturated rings. The molecule has 0 saturated heterocycles. The summed E-state index contributed by atoms with van der Waals surface area (Å²) in [5, 5.41) is 2.11. The molecule has 4 aromatic heterocycles. The minimum Gasteiger partial charge on any atom is -0.297 e. The van der Waals surface area contributed by atoms with Crippen LogP contribution in [0.5, 0.6) is 0 Å². The van der Waals surface area contributed by atoms with Gasteiger partial charge in [0.1, 0.15) is 0 Å². The van der Waals surface area contributed by atoms with Crippen molar-refractivity contribution < 1.29 is 4.79 Å². The molecule has 0 amide bonds. The summed E-state index contributed by atoms with van der Waals surface area (Å²) in [5.74, 6) is 0. The number of carbonyl (C=O) groups is 1. The summed E-state index contributed by atoms with van der Waals surface area (Å²) in [6.45, 7) is 0. The molecule has 0 aliphatic heterocycles. The van der Waals surface area contributed by atoms with Crippen LogP contribution in [0.1, 0.15) is 9.67 Å². The van der Waals surface area contributed by atoms with Gasteiger partial charge in [0, 0.05) is 29.3 Å². The molecule has 4 rings (SSSR count). The number of thiophene rings is 4. The number of hydrogen-bond donors (Lipinski definition) is 0. The van der Waals surface area contributed by atoms with E-state index < -0.39 is 0 Å². The van der Waals surface area contributed by atoms with Crippen LogP contribution in [0.3, 0.4) is 0 Å². The van der Waals surface area contributed by atoms with Crippen LogP contribution in [0, 0.1) is 0 Å². The maximum Gasteiger partial charge on any atom is 0.160 e. The third-order valence-corrected chi connectivity index (χ3v) is 7.84. The molecule has 22 heavy (non-hydrogen) atoms. The van der Waals surface area contributed by atoms with Gasteiger partial charge in [-0.2, -0.15) is 0 Å². The molecule has 0 saturated carbocycles. The minimum atomic E-state index is 0.779. The van der Waals surface area contributed by atoms with Crippen molar-refractivity contribution in [3.8, 4) is 29.3 Å². The van der Waals surface area contributed by atoms with Crippen LogP contribution in [0.4, 0.5) is 0 Å². The smallest absolute Gasteiger partial charge is 0.160 e. The molecule has 1 nitrogen and oxygen atoms in total. The first-order valence-electron chi connectivity index (χ1n) is 6.63. The van der Waals surface area contributed by atoms with Crippen molar-refractivity contribution >= 4 is 51.6 Å². The zero-order valence-corrected chi connectivity index (χ0v) is 14.6. The molecule has 0 aliphatic rings. The Morgan fingerprint density at radius 3 is 1.68 bits per heavy atom. The average Bonchev–Trinajstić information content (AvgIpc) is 3.33. The first-order chi connectivity index (χ1) is 10.8.